The molecule has 1 amide bonds. The van der Waals surface area contributed by atoms with Crippen LogP contribution in [0.3, 0.4) is 0 Å². The van der Waals surface area contributed by atoms with Gasteiger partial charge in [-0.15, -0.1) is 0 Å². The van der Waals surface area contributed by atoms with Gasteiger partial charge in [-0.25, -0.2) is 17.7 Å². The molecule has 3 saturated carbocycles. The van der Waals surface area contributed by atoms with Crippen molar-refractivity contribution in [2.75, 3.05) is 26.5 Å². The number of nitrogens with one attached hydrogen (secondary N) is 1. The molecule has 2 aliphatic heterocycles. The number of benzene rings is 1. The van der Waals surface area contributed by atoms with Crippen LogP contribution < -0.4 is 5.32 Å². The summed E-state index contributed by atoms with van der Waals surface area (Å²) in [6.45, 7) is 7.74. The fraction of sp³-hybridized carbons (Fsp3) is 0.731. The van der Waals surface area contributed by atoms with E-state index in [0.29, 0.717) is 24.8 Å². The van der Waals surface area contributed by atoms with Crippen LogP contribution in [0.5, 0.6) is 0 Å². The van der Waals surface area contributed by atoms with Gasteiger partial charge in [0.05, 0.1) is 23.7 Å². The molecular weight excluding hydrogens is 477 g/mol. The predicted octanol–water partition coefficient (Wildman–Crippen LogP) is 3.70. The molecule has 8 nitrogen and oxygen atoms in total. The summed E-state index contributed by atoms with van der Waals surface area (Å²) in [5.74, 6) is 0.721. The quantitative estimate of drug-likeness (QED) is 0.558. The van der Waals surface area contributed by atoms with E-state index in [-0.39, 0.29) is 35.7 Å². The summed E-state index contributed by atoms with van der Waals surface area (Å²) < 4.78 is 37.5. The standard InChI is InChI=1S/C26H40BN3O5S/c1-25(2)19-15-21(25)26(3)22(16-19)34-27(35-26)23(14-18-10-7-6-8-11-18)29-24(31)33-17-20-12-9-13-30(20)36(5,32)28-4/h6-8,10-11,19-23H,9,12-17H2,1-5H3,(H,29,31)/t19-,20+,21-,22+,23-,26-,36?/m0/s1. The van der Waals surface area contributed by atoms with Crippen molar-refractivity contribution in [3.05, 3.63) is 35.9 Å². The number of carbonyl (C=O) groups excluding carboxylic acids is 1. The van der Waals surface area contributed by atoms with Gasteiger partial charge >= 0.3 is 13.2 Å². The Morgan fingerprint density at radius 1 is 1.31 bits per heavy atom. The molecule has 1 aromatic rings. The molecule has 5 aliphatic rings. The third-order valence-electron chi connectivity index (χ3n) is 9.40. The van der Waals surface area contributed by atoms with Crippen molar-refractivity contribution in [1.82, 2.24) is 9.62 Å². The van der Waals surface area contributed by atoms with Crippen LogP contribution in [0.25, 0.3) is 0 Å². The largest absolute Gasteiger partial charge is 0.482 e. The highest BCUT2D eigenvalue weighted by atomic mass is 32.2. The highest BCUT2D eigenvalue weighted by Gasteiger charge is 2.68. The molecule has 0 spiro atoms. The lowest BCUT2D eigenvalue weighted by Gasteiger charge is -2.64. The van der Waals surface area contributed by atoms with Crippen LogP contribution in [0.1, 0.15) is 52.0 Å². The summed E-state index contributed by atoms with van der Waals surface area (Å²) in [4.78, 5) is 13.0. The first kappa shape index (κ1) is 26.0. The Morgan fingerprint density at radius 3 is 2.75 bits per heavy atom. The molecule has 10 heteroatoms. The Kier molecular flexibility index (Phi) is 6.94. The molecule has 7 atom stereocenters. The van der Waals surface area contributed by atoms with Gasteiger partial charge in [0.1, 0.15) is 16.5 Å². The first-order valence-corrected chi connectivity index (χ1v) is 15.1. The summed E-state index contributed by atoms with van der Waals surface area (Å²) >= 11 is 0. The van der Waals surface area contributed by atoms with Gasteiger partial charge in [-0.3, -0.25) is 0 Å². The molecule has 0 aromatic heterocycles. The zero-order valence-electron chi connectivity index (χ0n) is 22.1. The van der Waals surface area contributed by atoms with E-state index in [0.717, 1.165) is 24.8 Å². The minimum absolute atomic E-state index is 0.0397. The van der Waals surface area contributed by atoms with Gasteiger partial charge in [-0.05, 0) is 61.8 Å². The second-order valence-corrected chi connectivity index (χ2v) is 14.1. The average molecular weight is 518 g/mol. The number of alkyl carbamates (subject to hydrolysis) is 1. The van der Waals surface area contributed by atoms with E-state index >= 15 is 0 Å². The summed E-state index contributed by atoms with van der Waals surface area (Å²) in [6, 6.07) is 9.97. The van der Waals surface area contributed by atoms with Crippen molar-refractivity contribution >= 4 is 23.1 Å². The maximum atomic E-state index is 13.0. The Morgan fingerprint density at radius 2 is 2.06 bits per heavy atom. The van der Waals surface area contributed by atoms with Crippen LogP contribution >= 0.6 is 0 Å². The lowest BCUT2D eigenvalue weighted by atomic mass is 9.43. The van der Waals surface area contributed by atoms with Gasteiger partial charge in [0.2, 0.25) is 0 Å². The minimum Gasteiger partial charge on any atom is -0.448 e. The lowest BCUT2D eigenvalue weighted by Crippen LogP contribution is -2.65. The van der Waals surface area contributed by atoms with Gasteiger partial charge in [-0.1, -0.05) is 44.2 Å². The minimum atomic E-state index is -2.45. The fourth-order valence-corrected chi connectivity index (χ4v) is 8.44. The molecule has 36 heavy (non-hydrogen) atoms. The average Bonchev–Trinajstić information content (AvgIpc) is 3.47. The molecule has 198 valence electrons. The van der Waals surface area contributed by atoms with Gasteiger partial charge in [0.15, 0.2) is 0 Å². The second kappa shape index (κ2) is 9.60. The highest BCUT2D eigenvalue weighted by molar-refractivity contribution is 7.90. The topological polar surface area (TPSA) is 89.5 Å². The van der Waals surface area contributed by atoms with Gasteiger partial charge in [-0.2, -0.15) is 0 Å². The van der Waals surface area contributed by atoms with Crippen molar-refractivity contribution in [2.24, 2.45) is 21.6 Å². The first-order valence-electron chi connectivity index (χ1n) is 13.2. The van der Waals surface area contributed by atoms with Crippen molar-refractivity contribution in [3.63, 3.8) is 0 Å². The van der Waals surface area contributed by atoms with Crippen LogP contribution in [0.15, 0.2) is 34.7 Å². The van der Waals surface area contributed by atoms with Crippen molar-refractivity contribution in [3.8, 4) is 0 Å². The van der Waals surface area contributed by atoms with E-state index in [2.05, 4.69) is 30.5 Å². The fourth-order valence-electron chi connectivity index (χ4n) is 7.05. The number of rotatable bonds is 7. The summed E-state index contributed by atoms with van der Waals surface area (Å²) in [7, 11) is -1.41. The Labute approximate surface area is 216 Å². The van der Waals surface area contributed by atoms with Gasteiger partial charge in [0, 0.05) is 19.8 Å². The Bertz CT molecular complexity index is 1090. The Hall–Kier alpha value is -1.62. The zero-order chi connectivity index (χ0) is 25.7. The van der Waals surface area contributed by atoms with Gasteiger partial charge < -0.3 is 19.4 Å². The number of amides is 1. The van der Waals surface area contributed by atoms with Crippen molar-refractivity contribution in [2.45, 2.75) is 76.6 Å². The van der Waals surface area contributed by atoms with Crippen LogP contribution in [0.4, 0.5) is 4.79 Å². The molecule has 2 saturated heterocycles. The number of ether oxygens (including phenoxy) is 1. The van der Waals surface area contributed by atoms with Crippen LogP contribution in [0, 0.1) is 17.3 Å². The number of carbonyl (C=O) groups is 1. The smallest absolute Gasteiger partial charge is 0.448 e. The normalized spacial score (nSPS) is 35.3. The monoisotopic (exact) mass is 517 g/mol. The number of nitrogens with zero attached hydrogens (tertiary/aromatic N) is 2. The molecular formula is C26H40BN3O5S. The first-order chi connectivity index (χ1) is 17.0. The molecule has 0 radical (unpaired) electrons. The molecule has 5 fully saturated rings. The van der Waals surface area contributed by atoms with Crippen molar-refractivity contribution in [1.29, 1.82) is 0 Å². The molecule has 2 bridgehead atoms. The SMILES string of the molecule is CN=S(C)(=O)N1CCC[C@@H]1COC(=O)N[C@@H](Cc1ccccc1)B1O[C@@H]2C[C@@H]3C[C@@H](C3(C)C)[C@]2(C)O1. The molecule has 3 aliphatic carbocycles. The van der Waals surface area contributed by atoms with E-state index in [4.69, 9.17) is 14.0 Å². The maximum absolute atomic E-state index is 13.0. The van der Waals surface area contributed by atoms with Crippen LogP contribution in [-0.2, 0) is 30.4 Å². The maximum Gasteiger partial charge on any atom is 0.482 e. The number of hydrogen-bond acceptors (Lipinski definition) is 6. The van der Waals surface area contributed by atoms with Crippen molar-refractivity contribution < 1.29 is 23.0 Å². The summed E-state index contributed by atoms with van der Waals surface area (Å²) in [6.07, 6.45) is 5.67. The lowest BCUT2D eigenvalue weighted by molar-refractivity contribution is -0.199. The second-order valence-electron chi connectivity index (χ2n) is 11.8. The number of hydrogen-bond donors (Lipinski definition) is 1. The Balaban J connectivity index is 1.27. The zero-order valence-corrected chi connectivity index (χ0v) is 23.0. The van der Waals surface area contributed by atoms with E-state index in [1.165, 1.54) is 6.42 Å². The molecule has 1 aromatic carbocycles. The predicted molar refractivity (Wildman–Crippen MR) is 141 cm³/mol. The molecule has 2 heterocycles. The van der Waals surface area contributed by atoms with Crippen LogP contribution in [0.2, 0.25) is 0 Å². The summed E-state index contributed by atoms with van der Waals surface area (Å²) in [5, 5.41) is 3.05. The third-order valence-corrected chi connectivity index (χ3v) is 11.4. The third kappa shape index (κ3) is 4.59. The highest BCUT2D eigenvalue weighted by Crippen LogP contribution is 2.65. The van der Waals surface area contributed by atoms with E-state index in [1.54, 1.807) is 13.3 Å². The van der Waals surface area contributed by atoms with E-state index in [1.807, 2.05) is 34.6 Å². The molecule has 6 rings (SSSR count). The van der Waals surface area contributed by atoms with E-state index in [9.17, 15) is 9.00 Å². The van der Waals surface area contributed by atoms with Gasteiger partial charge in [0.25, 0.3) is 0 Å². The molecule has 1 N–H and O–H groups in total. The van der Waals surface area contributed by atoms with E-state index < -0.39 is 23.1 Å². The van der Waals surface area contributed by atoms with Crippen LogP contribution in [-0.4, -0.2) is 71.9 Å². The molecule has 1 unspecified atom stereocenters. The summed E-state index contributed by atoms with van der Waals surface area (Å²) in [5.41, 5.74) is 0.997.